The Bertz CT molecular complexity index is 75.3. The van der Waals surface area contributed by atoms with Gasteiger partial charge in [-0.1, -0.05) is 0 Å². The van der Waals surface area contributed by atoms with E-state index in [0.717, 1.165) is 6.04 Å². The highest BCUT2D eigenvalue weighted by Crippen LogP contribution is 2.09. The molecule has 1 unspecified atom stereocenters. The molecule has 0 bridgehead atoms. The van der Waals surface area contributed by atoms with E-state index in [1.807, 2.05) is 0 Å². The van der Waals surface area contributed by atoms with E-state index in [4.69, 9.17) is 0 Å². The Balaban J connectivity index is 2.15. The smallest absolute Gasteiger partial charge is 0.00390 e. The highest BCUT2D eigenvalue weighted by molar-refractivity contribution is 7.99. The molecule has 1 heterocycles. The van der Waals surface area contributed by atoms with E-state index in [1.165, 1.54) is 37.3 Å². The first-order valence-corrected chi connectivity index (χ1v) is 5.36. The summed E-state index contributed by atoms with van der Waals surface area (Å²) in [5.41, 5.74) is 0. The van der Waals surface area contributed by atoms with Gasteiger partial charge in [0.05, 0.1) is 0 Å². The van der Waals surface area contributed by atoms with E-state index in [2.05, 4.69) is 24.0 Å². The average molecular weight is 159 g/mol. The van der Waals surface area contributed by atoms with Crippen LogP contribution in [-0.2, 0) is 0 Å². The normalized spacial score (nSPS) is 30.3. The van der Waals surface area contributed by atoms with Crippen LogP contribution >= 0.6 is 11.8 Å². The van der Waals surface area contributed by atoms with Gasteiger partial charge in [0, 0.05) is 6.04 Å². The molecule has 1 aliphatic rings. The van der Waals surface area contributed by atoms with Crippen LogP contribution in [0, 0.1) is 0 Å². The predicted octanol–water partition coefficient (Wildman–Crippen LogP) is 1.88. The van der Waals surface area contributed by atoms with Crippen molar-refractivity contribution in [1.82, 2.24) is 5.32 Å². The van der Waals surface area contributed by atoms with Crippen LogP contribution in [-0.4, -0.2) is 24.1 Å². The second kappa shape index (κ2) is 5.03. The molecule has 0 aromatic heterocycles. The average Bonchev–Trinajstić information content (AvgIpc) is 2.02. The van der Waals surface area contributed by atoms with Crippen molar-refractivity contribution < 1.29 is 0 Å². The second-order valence-corrected chi connectivity index (χ2v) is 4.19. The summed E-state index contributed by atoms with van der Waals surface area (Å²) in [6.45, 7) is 3.50. The maximum Gasteiger partial charge on any atom is 0.00390 e. The molecule has 1 rings (SSSR count). The number of hydrogen-bond donors (Lipinski definition) is 1. The molecule has 0 amide bonds. The highest BCUT2D eigenvalue weighted by Gasteiger charge is 2.02. The van der Waals surface area contributed by atoms with Gasteiger partial charge >= 0.3 is 0 Å². The summed E-state index contributed by atoms with van der Waals surface area (Å²) in [5, 5.41) is 3.51. The molecule has 0 radical (unpaired) electrons. The largest absolute Gasteiger partial charge is 0.314 e. The third-order valence-electron chi connectivity index (χ3n) is 1.88. The van der Waals surface area contributed by atoms with Crippen molar-refractivity contribution in [1.29, 1.82) is 0 Å². The third-order valence-corrected chi connectivity index (χ3v) is 3.04. The summed E-state index contributed by atoms with van der Waals surface area (Å²) in [4.78, 5) is 0. The van der Waals surface area contributed by atoms with Gasteiger partial charge in [0.2, 0.25) is 0 Å². The summed E-state index contributed by atoms with van der Waals surface area (Å²) in [6.07, 6.45) is 4.08. The van der Waals surface area contributed by atoms with E-state index in [0.29, 0.717) is 0 Å². The SMILES string of the molecule is CC1CCCSCCCN1. The third kappa shape index (κ3) is 3.47. The van der Waals surface area contributed by atoms with E-state index in [1.54, 1.807) is 0 Å². The Morgan fingerprint density at radius 3 is 3.00 bits per heavy atom. The van der Waals surface area contributed by atoms with Crippen LogP contribution in [0.5, 0.6) is 0 Å². The topological polar surface area (TPSA) is 12.0 Å². The van der Waals surface area contributed by atoms with Crippen molar-refractivity contribution in [3.05, 3.63) is 0 Å². The van der Waals surface area contributed by atoms with Gasteiger partial charge in [-0.25, -0.2) is 0 Å². The van der Waals surface area contributed by atoms with Crippen LogP contribution in [0.15, 0.2) is 0 Å². The lowest BCUT2D eigenvalue weighted by Crippen LogP contribution is -2.26. The molecule has 0 aromatic rings. The van der Waals surface area contributed by atoms with Gasteiger partial charge < -0.3 is 5.32 Å². The van der Waals surface area contributed by atoms with Crippen LogP contribution in [0.2, 0.25) is 0 Å². The fourth-order valence-corrected chi connectivity index (χ4v) is 2.14. The van der Waals surface area contributed by atoms with Gasteiger partial charge in [0.25, 0.3) is 0 Å². The predicted molar refractivity (Wildman–Crippen MR) is 48.6 cm³/mol. The molecule has 60 valence electrons. The minimum absolute atomic E-state index is 0.749. The van der Waals surface area contributed by atoms with Crippen LogP contribution in [0.4, 0.5) is 0 Å². The maximum absolute atomic E-state index is 3.51. The van der Waals surface area contributed by atoms with E-state index >= 15 is 0 Å². The quantitative estimate of drug-likeness (QED) is 0.579. The molecule has 0 aromatic carbocycles. The number of nitrogens with one attached hydrogen (secondary N) is 1. The first-order chi connectivity index (χ1) is 4.89. The Morgan fingerprint density at radius 2 is 2.10 bits per heavy atom. The zero-order chi connectivity index (χ0) is 7.23. The molecule has 1 aliphatic heterocycles. The molecular formula is C8H17NS. The van der Waals surface area contributed by atoms with Gasteiger partial charge in [-0.3, -0.25) is 0 Å². The van der Waals surface area contributed by atoms with Crippen molar-refractivity contribution in [2.75, 3.05) is 18.1 Å². The molecular weight excluding hydrogens is 142 g/mol. The molecule has 2 heteroatoms. The molecule has 1 atom stereocenters. The molecule has 1 fully saturated rings. The van der Waals surface area contributed by atoms with E-state index in [-0.39, 0.29) is 0 Å². The van der Waals surface area contributed by atoms with Gasteiger partial charge in [-0.15, -0.1) is 0 Å². The molecule has 0 saturated carbocycles. The number of hydrogen-bond acceptors (Lipinski definition) is 2. The van der Waals surface area contributed by atoms with Gasteiger partial charge in [-0.05, 0) is 44.2 Å². The van der Waals surface area contributed by atoms with E-state index < -0.39 is 0 Å². The molecule has 0 aliphatic carbocycles. The van der Waals surface area contributed by atoms with Crippen LogP contribution < -0.4 is 5.32 Å². The van der Waals surface area contributed by atoms with E-state index in [9.17, 15) is 0 Å². The van der Waals surface area contributed by atoms with Crippen molar-refractivity contribution >= 4 is 11.8 Å². The van der Waals surface area contributed by atoms with Crippen LogP contribution in [0.25, 0.3) is 0 Å². The monoisotopic (exact) mass is 159 g/mol. The summed E-state index contributed by atoms with van der Waals surface area (Å²) < 4.78 is 0. The zero-order valence-electron chi connectivity index (χ0n) is 6.73. The first kappa shape index (κ1) is 8.41. The van der Waals surface area contributed by atoms with Crippen LogP contribution in [0.3, 0.4) is 0 Å². The maximum atomic E-state index is 3.51. The lowest BCUT2D eigenvalue weighted by molar-refractivity contribution is 0.514. The summed E-state index contributed by atoms with van der Waals surface area (Å²) in [5.74, 6) is 2.71. The standard InChI is InChI=1S/C8H17NS/c1-8-4-2-6-10-7-3-5-9-8/h8-9H,2-7H2,1H3. The van der Waals surface area contributed by atoms with Gasteiger partial charge in [-0.2, -0.15) is 11.8 Å². The Morgan fingerprint density at radius 1 is 1.30 bits per heavy atom. The van der Waals surface area contributed by atoms with Gasteiger partial charge in [0.15, 0.2) is 0 Å². The summed E-state index contributed by atoms with van der Waals surface area (Å²) in [7, 11) is 0. The van der Waals surface area contributed by atoms with Crippen LogP contribution in [0.1, 0.15) is 26.2 Å². The lowest BCUT2D eigenvalue weighted by Gasteiger charge is -2.10. The summed E-state index contributed by atoms with van der Waals surface area (Å²) in [6, 6.07) is 0.749. The zero-order valence-corrected chi connectivity index (χ0v) is 7.54. The summed E-state index contributed by atoms with van der Waals surface area (Å²) >= 11 is 2.10. The lowest BCUT2D eigenvalue weighted by atomic mass is 10.2. The molecule has 1 saturated heterocycles. The number of thioether (sulfide) groups is 1. The molecule has 0 spiro atoms. The first-order valence-electron chi connectivity index (χ1n) is 4.21. The molecule has 1 N–H and O–H groups in total. The Hall–Kier alpha value is 0.310. The van der Waals surface area contributed by atoms with Crippen molar-refractivity contribution in [2.24, 2.45) is 0 Å². The van der Waals surface area contributed by atoms with Crippen molar-refractivity contribution in [2.45, 2.75) is 32.2 Å². The Kier molecular flexibility index (Phi) is 4.23. The highest BCUT2D eigenvalue weighted by atomic mass is 32.2. The fourth-order valence-electron chi connectivity index (χ4n) is 1.22. The number of rotatable bonds is 0. The second-order valence-electron chi connectivity index (χ2n) is 2.96. The molecule has 10 heavy (non-hydrogen) atoms. The Labute approximate surface area is 68.0 Å². The van der Waals surface area contributed by atoms with Gasteiger partial charge in [0.1, 0.15) is 0 Å². The minimum Gasteiger partial charge on any atom is -0.314 e. The van der Waals surface area contributed by atoms with Crippen molar-refractivity contribution in [3.8, 4) is 0 Å². The molecule has 1 nitrogen and oxygen atoms in total. The van der Waals surface area contributed by atoms with Crippen molar-refractivity contribution in [3.63, 3.8) is 0 Å². The minimum atomic E-state index is 0.749. The fraction of sp³-hybridized carbons (Fsp3) is 1.00.